The van der Waals surface area contributed by atoms with E-state index in [1.54, 1.807) is 30.5 Å². The summed E-state index contributed by atoms with van der Waals surface area (Å²) in [5.41, 5.74) is 0.605. The molecule has 0 atom stereocenters. The minimum Gasteiger partial charge on any atom is -0.349 e. The molecule has 3 aromatic rings. The molecule has 5 rings (SSSR count). The molecule has 3 heterocycles. The number of carbonyl (C=O) groups is 1. The van der Waals surface area contributed by atoms with Gasteiger partial charge in [-0.2, -0.15) is 23.3 Å². The molecule has 2 aliphatic heterocycles. The summed E-state index contributed by atoms with van der Waals surface area (Å²) in [7, 11) is -3.28. The Labute approximate surface area is 232 Å². The molecule has 1 aromatic heterocycles. The van der Waals surface area contributed by atoms with Gasteiger partial charge in [0.2, 0.25) is 10.0 Å². The van der Waals surface area contributed by atoms with Gasteiger partial charge >= 0.3 is 6.18 Å². The van der Waals surface area contributed by atoms with E-state index >= 15 is 0 Å². The van der Waals surface area contributed by atoms with Crippen LogP contribution in [0.5, 0.6) is 0 Å². The van der Waals surface area contributed by atoms with Crippen molar-refractivity contribution in [2.75, 3.05) is 32.4 Å². The maximum absolute atomic E-state index is 13.5. The molecule has 14 heteroatoms. The average Bonchev–Trinajstić information content (AvgIpc) is 3.30. The third-order valence-electron chi connectivity index (χ3n) is 6.46. The van der Waals surface area contributed by atoms with Crippen LogP contribution in [-0.4, -0.2) is 70.9 Å². The number of sulfonamides is 1. The van der Waals surface area contributed by atoms with Gasteiger partial charge in [-0.25, -0.2) is 12.7 Å². The minimum atomic E-state index is -4.55. The van der Waals surface area contributed by atoms with Crippen LogP contribution in [0.25, 0.3) is 17.0 Å². The lowest BCUT2D eigenvalue weighted by atomic mass is 10.1. The van der Waals surface area contributed by atoms with Crippen LogP contribution in [0.15, 0.2) is 52.5 Å². The molecule has 1 fully saturated rings. The van der Waals surface area contributed by atoms with E-state index in [1.165, 1.54) is 39.1 Å². The van der Waals surface area contributed by atoms with Crippen molar-refractivity contribution in [3.05, 3.63) is 69.2 Å². The van der Waals surface area contributed by atoms with Crippen molar-refractivity contribution in [3.63, 3.8) is 0 Å². The number of halogens is 4. The van der Waals surface area contributed by atoms with E-state index in [-0.39, 0.29) is 23.0 Å². The molecule has 0 spiro atoms. The maximum atomic E-state index is 13.5. The second-order valence-electron chi connectivity index (χ2n) is 9.23. The zero-order chi connectivity index (χ0) is 27.9. The fourth-order valence-electron chi connectivity index (χ4n) is 4.53. The SMILES string of the molecule is CS(=O)(=O)N1CCCN(C2=NC(=O)/C(=C/c3ccc4c(cnn4Cc4ccc(Cl)cc4C(F)(F)F)c3)S2)CC1. The Morgan fingerprint density at radius 2 is 1.90 bits per heavy atom. The van der Waals surface area contributed by atoms with Gasteiger partial charge in [-0.15, -0.1) is 0 Å². The molecule has 2 aliphatic rings. The van der Waals surface area contributed by atoms with E-state index in [4.69, 9.17) is 11.6 Å². The van der Waals surface area contributed by atoms with E-state index in [9.17, 15) is 26.4 Å². The van der Waals surface area contributed by atoms with E-state index in [2.05, 4.69) is 10.1 Å². The summed E-state index contributed by atoms with van der Waals surface area (Å²) < 4.78 is 67.2. The summed E-state index contributed by atoms with van der Waals surface area (Å²) >= 11 is 7.03. The first kappa shape index (κ1) is 27.7. The van der Waals surface area contributed by atoms with Gasteiger partial charge in [-0.05, 0) is 59.7 Å². The molecule has 1 saturated heterocycles. The number of aliphatic imine (C=N–C) groups is 1. The Morgan fingerprint density at radius 3 is 2.64 bits per heavy atom. The summed E-state index contributed by atoms with van der Waals surface area (Å²) in [6.07, 6.45) is 0.544. The fraction of sp³-hybridized carbons (Fsp3) is 0.320. The number of aromatic nitrogens is 2. The minimum absolute atomic E-state index is 0.00673. The zero-order valence-corrected chi connectivity index (χ0v) is 23.0. The molecule has 0 radical (unpaired) electrons. The van der Waals surface area contributed by atoms with Crippen molar-refractivity contribution in [2.24, 2.45) is 4.99 Å². The highest BCUT2D eigenvalue weighted by molar-refractivity contribution is 8.18. The number of nitrogens with zero attached hydrogens (tertiary/aromatic N) is 5. The first-order valence-corrected chi connectivity index (χ1v) is 15.0. The first-order chi connectivity index (χ1) is 18.4. The van der Waals surface area contributed by atoms with Gasteiger partial charge in [0.25, 0.3) is 5.91 Å². The third kappa shape index (κ3) is 6.16. The number of hydrogen-bond donors (Lipinski definition) is 0. The Kier molecular flexibility index (Phi) is 7.53. The second kappa shape index (κ2) is 10.6. The number of amidine groups is 1. The molecule has 0 N–H and O–H groups in total. The number of hydrogen-bond acceptors (Lipinski definition) is 6. The first-order valence-electron chi connectivity index (χ1n) is 11.9. The molecule has 0 bridgehead atoms. The molecule has 206 valence electrons. The maximum Gasteiger partial charge on any atom is 0.416 e. The summed E-state index contributed by atoms with van der Waals surface area (Å²) in [6, 6.07) is 9.00. The standard InChI is InChI=1S/C25H23ClF3N5O3S2/c1-39(36,37)33-8-2-7-32(9-10-33)24-31-23(35)22(38-24)12-16-3-6-21-18(11-16)14-30-34(21)15-17-4-5-19(26)13-20(17)25(27,28)29/h3-6,11-14H,2,7-10,15H2,1H3/b22-12-. The number of amides is 1. The lowest BCUT2D eigenvalue weighted by molar-refractivity contribution is -0.138. The molecule has 1 amide bonds. The van der Waals surface area contributed by atoms with Gasteiger partial charge < -0.3 is 4.90 Å². The predicted octanol–water partition coefficient (Wildman–Crippen LogP) is 4.69. The summed E-state index contributed by atoms with van der Waals surface area (Å²) in [5, 5.41) is 5.53. The van der Waals surface area contributed by atoms with Crippen LogP contribution >= 0.6 is 23.4 Å². The van der Waals surface area contributed by atoms with Crippen molar-refractivity contribution in [3.8, 4) is 0 Å². The molecular formula is C25H23ClF3N5O3S2. The zero-order valence-electron chi connectivity index (χ0n) is 20.7. The summed E-state index contributed by atoms with van der Waals surface area (Å²) in [4.78, 5) is 19.2. The van der Waals surface area contributed by atoms with Gasteiger partial charge in [0.15, 0.2) is 5.17 Å². The van der Waals surface area contributed by atoms with E-state index in [0.29, 0.717) is 53.6 Å². The highest BCUT2D eigenvalue weighted by Gasteiger charge is 2.34. The van der Waals surface area contributed by atoms with Crippen molar-refractivity contribution < 1.29 is 26.4 Å². The number of thioether (sulfide) groups is 1. The molecule has 0 saturated carbocycles. The van der Waals surface area contributed by atoms with E-state index in [1.807, 2.05) is 4.90 Å². The molecule has 39 heavy (non-hydrogen) atoms. The smallest absolute Gasteiger partial charge is 0.349 e. The molecule has 2 aromatic carbocycles. The van der Waals surface area contributed by atoms with Gasteiger partial charge in [0, 0.05) is 36.6 Å². The van der Waals surface area contributed by atoms with E-state index < -0.39 is 21.8 Å². The van der Waals surface area contributed by atoms with Crippen molar-refractivity contribution in [1.82, 2.24) is 19.0 Å². The molecule has 0 unspecified atom stereocenters. The van der Waals surface area contributed by atoms with Crippen LogP contribution < -0.4 is 0 Å². The van der Waals surface area contributed by atoms with Gasteiger partial charge in [0.1, 0.15) is 0 Å². The monoisotopic (exact) mass is 597 g/mol. The van der Waals surface area contributed by atoms with Crippen LogP contribution in [0, 0.1) is 0 Å². The van der Waals surface area contributed by atoms with Crippen LogP contribution in [-0.2, 0) is 27.5 Å². The van der Waals surface area contributed by atoms with Crippen LogP contribution in [0.2, 0.25) is 5.02 Å². The normalized spacial score (nSPS) is 18.7. The highest BCUT2D eigenvalue weighted by atomic mass is 35.5. The predicted molar refractivity (Wildman–Crippen MR) is 146 cm³/mol. The number of carbonyl (C=O) groups excluding carboxylic acids is 1. The highest BCUT2D eigenvalue weighted by Crippen LogP contribution is 2.35. The fourth-order valence-corrected chi connectivity index (χ4v) is 6.55. The van der Waals surface area contributed by atoms with Crippen molar-refractivity contribution in [1.29, 1.82) is 0 Å². The Morgan fingerprint density at radius 1 is 1.10 bits per heavy atom. The van der Waals surface area contributed by atoms with Gasteiger partial charge in [-0.1, -0.05) is 23.7 Å². The topological polar surface area (TPSA) is 87.9 Å². The van der Waals surface area contributed by atoms with Crippen molar-refractivity contribution in [2.45, 2.75) is 19.1 Å². The summed E-state index contributed by atoms with van der Waals surface area (Å²) in [5.74, 6) is -0.377. The average molecular weight is 598 g/mol. The third-order valence-corrected chi connectivity index (χ3v) is 9.05. The number of alkyl halides is 3. The van der Waals surface area contributed by atoms with E-state index in [0.717, 1.165) is 11.6 Å². The Balaban J connectivity index is 1.32. The van der Waals surface area contributed by atoms with Crippen LogP contribution in [0.4, 0.5) is 13.2 Å². The quantitative estimate of drug-likeness (QED) is 0.406. The molecular weight excluding hydrogens is 575 g/mol. The molecule has 8 nitrogen and oxygen atoms in total. The lowest BCUT2D eigenvalue weighted by Crippen LogP contribution is -2.35. The van der Waals surface area contributed by atoms with Crippen molar-refractivity contribution >= 4 is 61.4 Å². The van der Waals surface area contributed by atoms with Gasteiger partial charge in [-0.3, -0.25) is 9.48 Å². The van der Waals surface area contributed by atoms with Crippen LogP contribution in [0.1, 0.15) is 23.1 Å². The van der Waals surface area contributed by atoms with Crippen LogP contribution in [0.3, 0.4) is 0 Å². The molecule has 0 aliphatic carbocycles. The summed E-state index contributed by atoms with van der Waals surface area (Å²) in [6.45, 7) is 1.69. The Hall–Kier alpha value is -2.87. The largest absolute Gasteiger partial charge is 0.416 e. The Bertz CT molecular complexity index is 1620. The second-order valence-corrected chi connectivity index (χ2v) is 12.7. The lowest BCUT2D eigenvalue weighted by Gasteiger charge is -2.21. The van der Waals surface area contributed by atoms with Gasteiger partial charge in [0.05, 0.1) is 35.0 Å². The number of benzene rings is 2. The number of fused-ring (bicyclic) bond motifs is 1. The number of rotatable bonds is 4.